The number of pyridine rings is 1. The van der Waals surface area contributed by atoms with E-state index in [9.17, 15) is 0 Å². The lowest BCUT2D eigenvalue weighted by Crippen LogP contribution is -2.29. The highest BCUT2D eigenvalue weighted by Crippen LogP contribution is 2.44. The molecule has 3 heterocycles. The van der Waals surface area contributed by atoms with Crippen molar-refractivity contribution >= 4 is 23.0 Å². The maximum Gasteiger partial charge on any atom is 0.174 e. The first kappa shape index (κ1) is 24.1. The number of aromatic nitrogens is 2. The van der Waals surface area contributed by atoms with Crippen molar-refractivity contribution in [3.8, 4) is 11.5 Å². The molecule has 0 spiro atoms. The molecule has 5 nitrogen and oxygen atoms in total. The summed E-state index contributed by atoms with van der Waals surface area (Å²) < 4.78 is 8.53. The third-order valence-corrected chi connectivity index (χ3v) is 7.21. The third kappa shape index (κ3) is 4.37. The monoisotopic (exact) mass is 496 g/mol. The summed E-state index contributed by atoms with van der Waals surface area (Å²) in [7, 11) is 0. The number of thiocarbonyl (C=S) groups is 1. The average Bonchev–Trinajstić information content (AvgIpc) is 3.36. The van der Waals surface area contributed by atoms with Gasteiger partial charge in [0, 0.05) is 29.3 Å². The van der Waals surface area contributed by atoms with E-state index in [1.54, 1.807) is 0 Å². The highest BCUT2D eigenvalue weighted by Gasteiger charge is 2.42. The van der Waals surface area contributed by atoms with Gasteiger partial charge in [-0.25, -0.2) is 0 Å². The van der Waals surface area contributed by atoms with Crippen molar-refractivity contribution in [3.05, 3.63) is 107 Å². The van der Waals surface area contributed by atoms with Crippen LogP contribution in [0.4, 0.5) is 5.69 Å². The molecule has 0 aliphatic carbocycles. The van der Waals surface area contributed by atoms with E-state index < -0.39 is 0 Å². The van der Waals surface area contributed by atoms with Crippen LogP contribution in [0.3, 0.4) is 0 Å². The molecule has 0 saturated carbocycles. The molecular weight excluding hydrogens is 464 g/mol. The van der Waals surface area contributed by atoms with Gasteiger partial charge in [-0.2, -0.15) is 0 Å². The summed E-state index contributed by atoms with van der Waals surface area (Å²) in [4.78, 5) is 6.91. The molecule has 1 aliphatic heterocycles. The van der Waals surface area contributed by atoms with Crippen LogP contribution in [-0.2, 0) is 0 Å². The van der Waals surface area contributed by atoms with Crippen molar-refractivity contribution in [2.24, 2.45) is 0 Å². The largest absolute Gasteiger partial charge is 0.457 e. The zero-order chi connectivity index (χ0) is 25.4. The fourth-order valence-electron chi connectivity index (χ4n) is 5.32. The summed E-state index contributed by atoms with van der Waals surface area (Å²) in [6, 6.07) is 24.8. The van der Waals surface area contributed by atoms with E-state index >= 15 is 0 Å². The molecule has 6 heteroatoms. The fraction of sp³-hybridized carbons (Fsp3) is 0.267. The molecule has 36 heavy (non-hydrogen) atoms. The molecule has 0 unspecified atom stereocenters. The highest BCUT2D eigenvalue weighted by molar-refractivity contribution is 7.80. The highest BCUT2D eigenvalue weighted by atomic mass is 32.1. The number of nitrogens with zero attached hydrogens (tertiary/aromatic N) is 3. The van der Waals surface area contributed by atoms with Gasteiger partial charge in [-0.05, 0) is 106 Å². The number of hydrogen-bond donors (Lipinski definition) is 1. The predicted octanol–water partition coefficient (Wildman–Crippen LogP) is 7.36. The summed E-state index contributed by atoms with van der Waals surface area (Å²) in [5.74, 6) is 1.65. The van der Waals surface area contributed by atoms with Crippen LogP contribution in [-0.4, -0.2) is 14.7 Å². The maximum atomic E-state index is 6.14. The Bertz CT molecular complexity index is 1380. The van der Waals surface area contributed by atoms with E-state index in [0.29, 0.717) is 11.2 Å². The summed E-state index contributed by atoms with van der Waals surface area (Å²) >= 11 is 5.91. The number of hydrogen-bond acceptors (Lipinski definition) is 3. The Morgan fingerprint density at radius 2 is 1.67 bits per heavy atom. The lowest BCUT2D eigenvalue weighted by Gasteiger charge is -2.28. The molecule has 2 aromatic carbocycles. The van der Waals surface area contributed by atoms with E-state index in [2.05, 4.69) is 71.7 Å². The van der Waals surface area contributed by atoms with Crippen molar-refractivity contribution in [2.75, 3.05) is 4.90 Å². The molecule has 0 radical (unpaired) electrons. The van der Waals surface area contributed by atoms with Gasteiger partial charge in [-0.15, -0.1) is 0 Å². The Morgan fingerprint density at radius 3 is 2.31 bits per heavy atom. The molecule has 0 amide bonds. The topological polar surface area (TPSA) is 42.3 Å². The molecule has 1 N–H and O–H groups in total. The van der Waals surface area contributed by atoms with Crippen molar-refractivity contribution < 1.29 is 4.74 Å². The number of rotatable bonds is 6. The van der Waals surface area contributed by atoms with E-state index in [0.717, 1.165) is 28.4 Å². The molecule has 1 aliphatic rings. The van der Waals surface area contributed by atoms with Crippen LogP contribution in [0.15, 0.2) is 79.0 Å². The first-order chi connectivity index (χ1) is 17.3. The number of anilines is 1. The predicted molar refractivity (Wildman–Crippen MR) is 150 cm³/mol. The second-order valence-electron chi connectivity index (χ2n) is 9.65. The second-order valence-corrected chi connectivity index (χ2v) is 10.0. The smallest absolute Gasteiger partial charge is 0.174 e. The lowest BCUT2D eigenvalue weighted by molar-refractivity contribution is 0.479. The van der Waals surface area contributed by atoms with Gasteiger partial charge in [0.15, 0.2) is 5.11 Å². The minimum absolute atomic E-state index is 0.0331. The van der Waals surface area contributed by atoms with Crippen molar-refractivity contribution in [2.45, 2.75) is 52.7 Å². The number of nitrogens with one attached hydrogen (secondary N) is 1. The quantitative estimate of drug-likeness (QED) is 0.283. The SMILES string of the molecule is Cc1ccccc1Oc1ccc(N2C(=S)N[C@@H](c3ccccn3)[C@H]2c2cc(C)n(C(C)C)c2C)cc1. The summed E-state index contributed by atoms with van der Waals surface area (Å²) in [5.41, 5.74) is 6.85. The van der Waals surface area contributed by atoms with Crippen LogP contribution in [0.2, 0.25) is 0 Å². The Hall–Kier alpha value is -3.64. The van der Waals surface area contributed by atoms with E-state index in [1.165, 1.54) is 17.0 Å². The van der Waals surface area contributed by atoms with Crippen LogP contribution in [0.25, 0.3) is 0 Å². The molecule has 184 valence electrons. The minimum atomic E-state index is -0.0669. The molecule has 0 bridgehead atoms. The van der Waals surface area contributed by atoms with Crippen molar-refractivity contribution in [1.29, 1.82) is 0 Å². The minimum Gasteiger partial charge on any atom is -0.457 e. The molecule has 4 aromatic rings. The van der Waals surface area contributed by atoms with Gasteiger partial charge >= 0.3 is 0 Å². The summed E-state index contributed by atoms with van der Waals surface area (Å²) in [5, 5.41) is 4.26. The Balaban J connectivity index is 1.55. The van der Waals surface area contributed by atoms with Crippen molar-refractivity contribution in [3.63, 3.8) is 0 Å². The van der Waals surface area contributed by atoms with Crippen LogP contribution < -0.4 is 15.0 Å². The fourth-order valence-corrected chi connectivity index (χ4v) is 5.66. The number of benzene rings is 2. The average molecular weight is 497 g/mol. The van der Waals surface area contributed by atoms with Crippen LogP contribution in [0, 0.1) is 20.8 Å². The van der Waals surface area contributed by atoms with Gasteiger partial charge in [0.05, 0.1) is 17.8 Å². The van der Waals surface area contributed by atoms with E-state index in [1.807, 2.05) is 61.7 Å². The number of para-hydroxylation sites is 1. The van der Waals surface area contributed by atoms with Gasteiger partial charge in [0.25, 0.3) is 0 Å². The first-order valence-corrected chi connectivity index (χ1v) is 12.8. The van der Waals surface area contributed by atoms with Gasteiger partial charge < -0.3 is 19.5 Å². The Kier molecular flexibility index (Phi) is 6.54. The van der Waals surface area contributed by atoms with Crippen molar-refractivity contribution in [1.82, 2.24) is 14.9 Å². The molecule has 1 fully saturated rings. The molecule has 1 saturated heterocycles. The molecular formula is C30H32N4OS. The normalized spacial score (nSPS) is 17.5. The Morgan fingerprint density at radius 1 is 0.944 bits per heavy atom. The first-order valence-electron chi connectivity index (χ1n) is 12.4. The second kappa shape index (κ2) is 9.78. The molecule has 2 aromatic heterocycles. The zero-order valence-electron chi connectivity index (χ0n) is 21.4. The number of aryl methyl sites for hydroxylation is 2. The van der Waals surface area contributed by atoms with Gasteiger partial charge in [-0.1, -0.05) is 24.3 Å². The van der Waals surface area contributed by atoms with Gasteiger partial charge in [0.2, 0.25) is 0 Å². The lowest BCUT2D eigenvalue weighted by atomic mass is 9.96. The Labute approximate surface area is 218 Å². The third-order valence-electron chi connectivity index (χ3n) is 6.89. The molecule has 5 rings (SSSR count). The summed E-state index contributed by atoms with van der Waals surface area (Å²) in [6.07, 6.45) is 1.84. The van der Waals surface area contributed by atoms with Crippen LogP contribution >= 0.6 is 12.2 Å². The van der Waals surface area contributed by atoms with Gasteiger partial charge in [-0.3, -0.25) is 4.98 Å². The van der Waals surface area contributed by atoms with E-state index in [4.69, 9.17) is 17.0 Å². The van der Waals surface area contributed by atoms with E-state index in [-0.39, 0.29) is 12.1 Å². The standard InChI is InChI=1S/C30H32N4OS/c1-19(2)33-21(4)18-25(22(33)5)29-28(26-11-8-9-17-31-26)32-30(36)34(29)23-13-15-24(16-14-23)35-27-12-7-6-10-20(27)3/h6-19,28-29H,1-5H3,(H,32,36)/t28-,29+/m0/s1. The molecule has 2 atom stereocenters. The van der Waals surface area contributed by atoms with Crippen LogP contribution in [0.1, 0.15) is 60.2 Å². The number of ether oxygens (including phenoxy) is 1. The summed E-state index contributed by atoms with van der Waals surface area (Å²) in [6.45, 7) is 10.9. The van der Waals surface area contributed by atoms with Crippen LogP contribution in [0.5, 0.6) is 11.5 Å². The van der Waals surface area contributed by atoms with Gasteiger partial charge in [0.1, 0.15) is 11.5 Å². The maximum absolute atomic E-state index is 6.14. The zero-order valence-corrected chi connectivity index (χ0v) is 22.2.